The van der Waals surface area contributed by atoms with Gasteiger partial charge in [-0.3, -0.25) is 0 Å². The van der Waals surface area contributed by atoms with Crippen molar-refractivity contribution < 1.29 is 13.5 Å². The highest BCUT2D eigenvalue weighted by Crippen LogP contribution is 2.20. The Balaban J connectivity index is 1.71. The molecule has 0 bridgehead atoms. The van der Waals surface area contributed by atoms with Crippen molar-refractivity contribution >= 4 is 9.84 Å². The second kappa shape index (κ2) is 6.32. The molecule has 5 nitrogen and oxygen atoms in total. The van der Waals surface area contributed by atoms with Crippen molar-refractivity contribution in [2.45, 2.75) is 37.8 Å². The Kier molecular flexibility index (Phi) is 5.00. The van der Waals surface area contributed by atoms with Crippen LogP contribution in [0.15, 0.2) is 0 Å². The Morgan fingerprint density at radius 2 is 2.06 bits per heavy atom. The molecule has 0 radical (unpaired) electrons. The number of aliphatic hydroxyl groups is 1. The fourth-order valence-electron chi connectivity index (χ4n) is 2.36. The van der Waals surface area contributed by atoms with Crippen LogP contribution in [-0.4, -0.2) is 68.3 Å². The number of sulfone groups is 1. The van der Waals surface area contributed by atoms with E-state index in [-0.39, 0.29) is 18.4 Å². The molecule has 2 fully saturated rings. The summed E-state index contributed by atoms with van der Waals surface area (Å²) in [6.45, 7) is 2.55. The summed E-state index contributed by atoms with van der Waals surface area (Å²) in [4.78, 5) is 2.21. The Hall–Kier alpha value is -0.170. The van der Waals surface area contributed by atoms with Gasteiger partial charge in [-0.25, -0.2) is 8.42 Å². The summed E-state index contributed by atoms with van der Waals surface area (Å²) in [6, 6.07) is 0.768. The van der Waals surface area contributed by atoms with Gasteiger partial charge in [0.05, 0.1) is 18.1 Å². The summed E-state index contributed by atoms with van der Waals surface area (Å²) < 4.78 is 23.0. The first-order chi connectivity index (χ1) is 8.59. The zero-order chi connectivity index (χ0) is 13.0. The minimum absolute atomic E-state index is 0.164. The van der Waals surface area contributed by atoms with Gasteiger partial charge in [0.25, 0.3) is 0 Å². The lowest BCUT2D eigenvalue weighted by molar-refractivity contribution is 0.209. The standard InChI is InChI=1S/C12H24N2O3S/c15-10-12(13-11-2-3-11)4-6-14-5-1-8-18(16,17)9-7-14/h11-13,15H,1-10H2. The molecule has 0 aromatic heterocycles. The Bertz CT molecular complexity index is 354. The highest BCUT2D eigenvalue weighted by molar-refractivity contribution is 7.91. The second-order valence-electron chi connectivity index (χ2n) is 5.46. The topological polar surface area (TPSA) is 69.6 Å². The molecule has 1 saturated heterocycles. The first kappa shape index (κ1) is 14.2. The summed E-state index contributed by atoms with van der Waals surface area (Å²) in [7, 11) is -2.81. The van der Waals surface area contributed by atoms with E-state index in [1.807, 2.05) is 0 Å². The molecule has 1 heterocycles. The third-order valence-corrected chi connectivity index (χ3v) is 5.43. The maximum atomic E-state index is 11.5. The minimum Gasteiger partial charge on any atom is -0.395 e. The van der Waals surface area contributed by atoms with E-state index in [1.54, 1.807) is 0 Å². The molecule has 1 unspecified atom stereocenters. The summed E-state index contributed by atoms with van der Waals surface area (Å²) >= 11 is 0. The molecule has 0 aromatic carbocycles. The van der Waals surface area contributed by atoms with Crippen molar-refractivity contribution in [2.75, 3.05) is 37.7 Å². The van der Waals surface area contributed by atoms with Gasteiger partial charge < -0.3 is 15.3 Å². The van der Waals surface area contributed by atoms with Crippen LogP contribution in [0.25, 0.3) is 0 Å². The highest BCUT2D eigenvalue weighted by atomic mass is 32.2. The summed E-state index contributed by atoms with van der Waals surface area (Å²) in [5.41, 5.74) is 0. The molecule has 0 aromatic rings. The maximum Gasteiger partial charge on any atom is 0.151 e. The fraction of sp³-hybridized carbons (Fsp3) is 1.00. The predicted octanol–water partition coefficient (Wildman–Crippen LogP) is -0.390. The quantitative estimate of drug-likeness (QED) is 0.691. The highest BCUT2D eigenvalue weighted by Gasteiger charge is 2.25. The Morgan fingerprint density at radius 3 is 2.72 bits per heavy atom. The van der Waals surface area contributed by atoms with Crippen molar-refractivity contribution in [3.05, 3.63) is 0 Å². The smallest absolute Gasteiger partial charge is 0.151 e. The van der Waals surface area contributed by atoms with Crippen LogP contribution in [0.5, 0.6) is 0 Å². The molecule has 0 amide bonds. The lowest BCUT2D eigenvalue weighted by Crippen LogP contribution is -2.38. The fourth-order valence-corrected chi connectivity index (χ4v) is 3.67. The van der Waals surface area contributed by atoms with Crippen molar-refractivity contribution in [1.29, 1.82) is 0 Å². The van der Waals surface area contributed by atoms with Crippen molar-refractivity contribution in [3.63, 3.8) is 0 Å². The third kappa shape index (κ3) is 4.84. The molecular weight excluding hydrogens is 252 g/mol. The number of nitrogens with one attached hydrogen (secondary N) is 1. The van der Waals surface area contributed by atoms with Gasteiger partial charge in [-0.05, 0) is 38.8 Å². The van der Waals surface area contributed by atoms with Crippen LogP contribution in [0.1, 0.15) is 25.7 Å². The number of nitrogens with zero attached hydrogens (tertiary/aromatic N) is 1. The van der Waals surface area contributed by atoms with Crippen molar-refractivity contribution in [3.8, 4) is 0 Å². The summed E-state index contributed by atoms with van der Waals surface area (Å²) in [5.74, 6) is 0.611. The van der Waals surface area contributed by atoms with E-state index in [0.717, 1.165) is 25.9 Å². The van der Waals surface area contributed by atoms with Gasteiger partial charge >= 0.3 is 0 Å². The van der Waals surface area contributed by atoms with Gasteiger partial charge in [-0.2, -0.15) is 0 Å². The van der Waals surface area contributed by atoms with Crippen LogP contribution in [-0.2, 0) is 9.84 Å². The largest absolute Gasteiger partial charge is 0.395 e. The van der Waals surface area contributed by atoms with E-state index in [9.17, 15) is 13.5 Å². The molecule has 2 N–H and O–H groups in total. The summed E-state index contributed by atoms with van der Waals surface area (Å²) in [6.07, 6.45) is 4.08. The van der Waals surface area contributed by atoms with Crippen LogP contribution < -0.4 is 5.32 Å². The molecule has 6 heteroatoms. The SMILES string of the molecule is O=S1(=O)CCCN(CCC(CO)NC2CC2)CC1. The number of hydrogen-bond acceptors (Lipinski definition) is 5. The van der Waals surface area contributed by atoms with E-state index >= 15 is 0 Å². The normalized spacial score (nSPS) is 26.7. The second-order valence-corrected chi connectivity index (χ2v) is 7.76. The predicted molar refractivity (Wildman–Crippen MR) is 71.4 cm³/mol. The van der Waals surface area contributed by atoms with Gasteiger partial charge in [0.1, 0.15) is 0 Å². The van der Waals surface area contributed by atoms with Crippen LogP contribution in [0.3, 0.4) is 0 Å². The van der Waals surface area contributed by atoms with E-state index in [2.05, 4.69) is 10.2 Å². The Morgan fingerprint density at radius 1 is 1.28 bits per heavy atom. The third-order valence-electron chi connectivity index (χ3n) is 3.71. The molecule has 18 heavy (non-hydrogen) atoms. The zero-order valence-corrected chi connectivity index (χ0v) is 11.7. The molecule has 0 spiro atoms. The first-order valence-electron chi connectivity index (χ1n) is 6.89. The van der Waals surface area contributed by atoms with Crippen LogP contribution in [0.4, 0.5) is 0 Å². The van der Waals surface area contributed by atoms with E-state index in [4.69, 9.17) is 0 Å². The number of aliphatic hydroxyl groups excluding tert-OH is 1. The Labute approximate surface area is 109 Å². The lowest BCUT2D eigenvalue weighted by atomic mass is 10.2. The van der Waals surface area contributed by atoms with Crippen LogP contribution in [0.2, 0.25) is 0 Å². The van der Waals surface area contributed by atoms with Crippen LogP contribution >= 0.6 is 0 Å². The van der Waals surface area contributed by atoms with E-state index < -0.39 is 9.84 Å². The van der Waals surface area contributed by atoms with Gasteiger partial charge in [-0.1, -0.05) is 0 Å². The molecule has 106 valence electrons. The molecular formula is C12H24N2O3S. The maximum absolute atomic E-state index is 11.5. The monoisotopic (exact) mass is 276 g/mol. The first-order valence-corrected chi connectivity index (χ1v) is 8.71. The van der Waals surface area contributed by atoms with E-state index in [1.165, 1.54) is 12.8 Å². The minimum atomic E-state index is -2.81. The van der Waals surface area contributed by atoms with Gasteiger partial charge in [-0.15, -0.1) is 0 Å². The van der Waals surface area contributed by atoms with Gasteiger partial charge in [0.15, 0.2) is 9.84 Å². The zero-order valence-electron chi connectivity index (χ0n) is 10.8. The average Bonchev–Trinajstić information content (AvgIpc) is 3.13. The van der Waals surface area contributed by atoms with Gasteiger partial charge in [0, 0.05) is 18.6 Å². The van der Waals surface area contributed by atoms with Crippen molar-refractivity contribution in [2.24, 2.45) is 0 Å². The van der Waals surface area contributed by atoms with E-state index in [0.29, 0.717) is 18.3 Å². The van der Waals surface area contributed by atoms with Crippen molar-refractivity contribution in [1.82, 2.24) is 10.2 Å². The molecule has 1 saturated carbocycles. The molecule has 1 aliphatic carbocycles. The lowest BCUT2D eigenvalue weighted by Gasteiger charge is -2.23. The van der Waals surface area contributed by atoms with Crippen LogP contribution in [0, 0.1) is 0 Å². The summed E-state index contributed by atoms with van der Waals surface area (Å²) in [5, 5.41) is 12.7. The average molecular weight is 276 g/mol. The number of hydrogen-bond donors (Lipinski definition) is 2. The molecule has 1 aliphatic heterocycles. The number of rotatable bonds is 6. The molecule has 2 rings (SSSR count). The van der Waals surface area contributed by atoms with Gasteiger partial charge in [0.2, 0.25) is 0 Å². The molecule has 1 atom stereocenters. The molecule has 2 aliphatic rings.